The molecule has 1 heterocycles. The number of carbonyl (C=O) groups excluding carboxylic acids is 1. The number of halogens is 1. The number of nitrogens with one attached hydrogen (secondary N) is 1. The Morgan fingerprint density at radius 2 is 2.00 bits per heavy atom. The molecule has 4 nitrogen and oxygen atoms in total. The highest BCUT2D eigenvalue weighted by atomic mass is 35.5. The molecule has 0 aliphatic carbocycles. The summed E-state index contributed by atoms with van der Waals surface area (Å²) in [5, 5.41) is 5.67. The fraction of sp³-hybridized carbons (Fsp3) is 0.412. The molecule has 3 N–H and O–H groups in total. The van der Waals surface area contributed by atoms with Crippen molar-refractivity contribution in [1.82, 2.24) is 10.3 Å². The first-order valence-electron chi connectivity index (χ1n) is 7.50. The fourth-order valence-electron chi connectivity index (χ4n) is 2.60. The topological polar surface area (TPSA) is 68.0 Å². The van der Waals surface area contributed by atoms with Crippen molar-refractivity contribution in [2.45, 2.75) is 45.2 Å². The van der Waals surface area contributed by atoms with Crippen molar-refractivity contribution in [3.63, 3.8) is 0 Å². The quantitative estimate of drug-likeness (QED) is 0.835. The molecule has 0 bridgehead atoms. The van der Waals surface area contributed by atoms with Crippen LogP contribution in [0, 0.1) is 0 Å². The van der Waals surface area contributed by atoms with Crippen molar-refractivity contribution >= 4 is 29.7 Å². The van der Waals surface area contributed by atoms with Crippen LogP contribution in [-0.4, -0.2) is 16.9 Å². The van der Waals surface area contributed by atoms with Crippen molar-refractivity contribution < 1.29 is 4.79 Å². The zero-order valence-corrected chi connectivity index (χ0v) is 15.3. The minimum Gasteiger partial charge on any atom is -0.347 e. The van der Waals surface area contributed by atoms with E-state index in [0.29, 0.717) is 12.2 Å². The maximum absolute atomic E-state index is 12.4. The highest BCUT2D eigenvalue weighted by molar-refractivity contribution is 7.09. The lowest BCUT2D eigenvalue weighted by Crippen LogP contribution is -2.47. The highest BCUT2D eigenvalue weighted by Crippen LogP contribution is 2.29. The number of rotatable bonds is 6. The molecule has 0 radical (unpaired) electrons. The van der Waals surface area contributed by atoms with Gasteiger partial charge in [0, 0.05) is 23.4 Å². The van der Waals surface area contributed by atoms with Crippen LogP contribution in [0.3, 0.4) is 0 Å². The number of benzene rings is 1. The van der Waals surface area contributed by atoms with Crippen LogP contribution in [0.5, 0.6) is 0 Å². The monoisotopic (exact) mass is 353 g/mol. The third kappa shape index (κ3) is 4.53. The smallest absolute Gasteiger partial charge is 0.271 e. The van der Waals surface area contributed by atoms with Crippen LogP contribution < -0.4 is 11.1 Å². The average molecular weight is 354 g/mol. The number of amides is 1. The molecule has 0 fully saturated rings. The van der Waals surface area contributed by atoms with Gasteiger partial charge in [-0.2, -0.15) is 0 Å². The second-order valence-electron chi connectivity index (χ2n) is 5.85. The molecule has 2 aromatic rings. The van der Waals surface area contributed by atoms with Gasteiger partial charge in [-0.15, -0.1) is 23.7 Å². The van der Waals surface area contributed by atoms with Crippen molar-refractivity contribution in [2.24, 2.45) is 5.73 Å². The third-order valence-electron chi connectivity index (χ3n) is 4.06. The first-order valence-corrected chi connectivity index (χ1v) is 8.37. The Kier molecular flexibility index (Phi) is 7.19. The number of nitrogens with two attached hydrogens (primary N) is 1. The van der Waals surface area contributed by atoms with Crippen LogP contribution in [0.4, 0.5) is 0 Å². The summed E-state index contributed by atoms with van der Waals surface area (Å²) >= 11 is 1.42. The van der Waals surface area contributed by atoms with Crippen molar-refractivity contribution in [1.29, 1.82) is 0 Å². The average Bonchev–Trinajstić information content (AvgIpc) is 3.02. The van der Waals surface area contributed by atoms with E-state index in [1.54, 1.807) is 5.38 Å². The van der Waals surface area contributed by atoms with Crippen molar-refractivity contribution in [2.75, 3.05) is 0 Å². The molecule has 6 heteroatoms. The Balaban J connectivity index is 0.00000264. The van der Waals surface area contributed by atoms with Gasteiger partial charge in [-0.1, -0.05) is 51.1 Å². The Bertz CT molecular complexity index is 628. The Labute approximate surface area is 147 Å². The molecule has 1 atom stereocenters. The van der Waals surface area contributed by atoms with Gasteiger partial charge in [-0.05, 0) is 12.0 Å². The van der Waals surface area contributed by atoms with Crippen LogP contribution >= 0.6 is 23.7 Å². The summed E-state index contributed by atoms with van der Waals surface area (Å²) in [6, 6.07) is 10.3. The van der Waals surface area contributed by atoms with Crippen LogP contribution in [0.15, 0.2) is 35.7 Å². The molecule has 23 heavy (non-hydrogen) atoms. The molecule has 0 aliphatic heterocycles. The van der Waals surface area contributed by atoms with Gasteiger partial charge in [0.1, 0.15) is 10.7 Å². The fourth-order valence-corrected chi connectivity index (χ4v) is 3.26. The van der Waals surface area contributed by atoms with Crippen LogP contribution in [0.2, 0.25) is 0 Å². The molecular formula is C17H24ClN3OS. The van der Waals surface area contributed by atoms with Gasteiger partial charge in [0.05, 0.1) is 0 Å². The van der Waals surface area contributed by atoms with E-state index in [4.69, 9.17) is 5.73 Å². The predicted octanol–water partition coefficient (Wildman–Crippen LogP) is 3.51. The lowest BCUT2D eigenvalue weighted by Gasteiger charge is -2.35. The summed E-state index contributed by atoms with van der Waals surface area (Å²) in [6.45, 7) is 6.76. The van der Waals surface area contributed by atoms with Gasteiger partial charge < -0.3 is 11.1 Å². The number of hydrogen-bond acceptors (Lipinski definition) is 4. The molecule has 0 aliphatic rings. The zero-order chi connectivity index (χ0) is 16.2. The first kappa shape index (κ1) is 19.6. The molecule has 2 rings (SSSR count). The van der Waals surface area contributed by atoms with Crippen LogP contribution in [0.25, 0.3) is 0 Å². The second kappa shape index (κ2) is 8.43. The molecule has 0 spiro atoms. The zero-order valence-electron chi connectivity index (χ0n) is 13.7. The number of aromatic nitrogens is 1. The molecule has 1 aromatic carbocycles. The van der Waals surface area contributed by atoms with E-state index in [1.165, 1.54) is 16.9 Å². The normalized spacial score (nSPS) is 12.3. The number of thiazole rings is 1. The number of carbonyl (C=O) groups is 1. The van der Waals surface area contributed by atoms with Gasteiger partial charge in [-0.3, -0.25) is 4.79 Å². The van der Waals surface area contributed by atoms with E-state index in [1.807, 2.05) is 18.2 Å². The highest BCUT2D eigenvalue weighted by Gasteiger charge is 2.31. The maximum Gasteiger partial charge on any atom is 0.271 e. The molecule has 0 saturated carbocycles. The molecular weight excluding hydrogens is 330 g/mol. The predicted molar refractivity (Wildman–Crippen MR) is 98.3 cm³/mol. The van der Waals surface area contributed by atoms with E-state index in [0.717, 1.165) is 11.4 Å². The Hall–Kier alpha value is -1.43. The Morgan fingerprint density at radius 1 is 1.35 bits per heavy atom. The lowest BCUT2D eigenvalue weighted by atomic mass is 9.76. The van der Waals surface area contributed by atoms with Crippen LogP contribution in [0.1, 0.15) is 48.3 Å². The standard InChI is InChI=1S/C17H23N3OS.ClH/c1-4-14(17(2,3)12-8-6-5-7-9-12)20-16(21)13-11-22-15(10-18)19-13;/h5-9,11,14H,4,10,18H2,1-3H3,(H,20,21);1H. The summed E-state index contributed by atoms with van der Waals surface area (Å²) in [4.78, 5) is 16.7. The van der Waals surface area contributed by atoms with E-state index in [2.05, 4.69) is 43.2 Å². The molecule has 1 unspecified atom stereocenters. The maximum atomic E-state index is 12.4. The molecule has 1 aromatic heterocycles. The van der Waals surface area contributed by atoms with E-state index in [9.17, 15) is 4.79 Å². The largest absolute Gasteiger partial charge is 0.347 e. The van der Waals surface area contributed by atoms with Crippen molar-refractivity contribution in [3.05, 3.63) is 52.0 Å². The van der Waals surface area contributed by atoms with Crippen LogP contribution in [-0.2, 0) is 12.0 Å². The Morgan fingerprint density at radius 3 is 2.52 bits per heavy atom. The minimum absolute atomic E-state index is 0. The third-order valence-corrected chi connectivity index (χ3v) is 4.93. The second-order valence-corrected chi connectivity index (χ2v) is 6.80. The summed E-state index contributed by atoms with van der Waals surface area (Å²) in [5.74, 6) is -0.133. The summed E-state index contributed by atoms with van der Waals surface area (Å²) in [6.07, 6.45) is 0.849. The number of nitrogens with zero attached hydrogens (tertiary/aromatic N) is 1. The first-order chi connectivity index (χ1) is 10.5. The van der Waals surface area contributed by atoms with Gasteiger partial charge in [-0.25, -0.2) is 4.98 Å². The molecule has 0 saturated heterocycles. The van der Waals surface area contributed by atoms with Gasteiger partial charge in [0.15, 0.2) is 0 Å². The van der Waals surface area contributed by atoms with E-state index in [-0.39, 0.29) is 29.8 Å². The SMILES string of the molecule is CCC(NC(=O)c1csc(CN)n1)C(C)(C)c1ccccc1.Cl. The summed E-state index contributed by atoms with van der Waals surface area (Å²) in [7, 11) is 0. The lowest BCUT2D eigenvalue weighted by molar-refractivity contribution is 0.0912. The molecule has 126 valence electrons. The summed E-state index contributed by atoms with van der Waals surface area (Å²) < 4.78 is 0. The minimum atomic E-state index is -0.154. The van der Waals surface area contributed by atoms with Gasteiger partial charge in [0.2, 0.25) is 0 Å². The van der Waals surface area contributed by atoms with E-state index >= 15 is 0 Å². The molecule has 1 amide bonds. The summed E-state index contributed by atoms with van der Waals surface area (Å²) in [5.41, 5.74) is 7.06. The number of hydrogen-bond donors (Lipinski definition) is 2. The van der Waals surface area contributed by atoms with E-state index < -0.39 is 0 Å². The van der Waals surface area contributed by atoms with Gasteiger partial charge in [0.25, 0.3) is 5.91 Å². The van der Waals surface area contributed by atoms with Gasteiger partial charge >= 0.3 is 0 Å². The van der Waals surface area contributed by atoms with Crippen molar-refractivity contribution in [3.8, 4) is 0 Å².